The Morgan fingerprint density at radius 1 is 1.44 bits per heavy atom. The van der Waals surface area contributed by atoms with Crippen LogP contribution >= 0.6 is 15.9 Å². The third-order valence-corrected chi connectivity index (χ3v) is 2.70. The quantitative estimate of drug-likeness (QED) is 0.839. The van der Waals surface area contributed by atoms with Gasteiger partial charge in [0.1, 0.15) is 6.54 Å². The lowest BCUT2D eigenvalue weighted by Crippen LogP contribution is -2.36. The molecule has 0 aromatic heterocycles. The molecule has 0 atom stereocenters. The molecule has 0 saturated carbocycles. The van der Waals surface area contributed by atoms with Gasteiger partial charge in [-0.25, -0.2) is 0 Å². The molecule has 1 rings (SSSR count). The maximum atomic E-state index is 11.9. The summed E-state index contributed by atoms with van der Waals surface area (Å²) in [5, 5.41) is 8.70. The van der Waals surface area contributed by atoms with Crippen LogP contribution in [0.25, 0.3) is 0 Å². The molecule has 1 aromatic carbocycles. The van der Waals surface area contributed by atoms with Gasteiger partial charge in [-0.3, -0.25) is 9.59 Å². The second kappa shape index (κ2) is 6.82. The SMILES string of the molecule is C#CCN(CC(=O)O)C(=O)Cc1cccc(Br)c1. The number of amides is 1. The normalized spacial score (nSPS) is 9.56. The minimum absolute atomic E-state index is 0.000857. The fourth-order valence-electron chi connectivity index (χ4n) is 1.44. The molecule has 5 heteroatoms. The van der Waals surface area contributed by atoms with Crippen LogP contribution < -0.4 is 0 Å². The highest BCUT2D eigenvalue weighted by Crippen LogP contribution is 2.12. The van der Waals surface area contributed by atoms with Crippen LogP contribution in [0, 0.1) is 12.3 Å². The van der Waals surface area contributed by atoms with E-state index in [0.717, 1.165) is 14.9 Å². The van der Waals surface area contributed by atoms with Crippen molar-refractivity contribution in [1.29, 1.82) is 0 Å². The first-order chi connectivity index (χ1) is 8.52. The summed E-state index contributed by atoms with van der Waals surface area (Å²) in [6.07, 6.45) is 5.25. The number of carboxylic acids is 1. The van der Waals surface area contributed by atoms with E-state index in [1.54, 1.807) is 6.07 Å². The Bertz CT molecular complexity index is 493. The van der Waals surface area contributed by atoms with Gasteiger partial charge < -0.3 is 10.0 Å². The Morgan fingerprint density at radius 2 is 2.17 bits per heavy atom. The lowest BCUT2D eigenvalue weighted by Gasteiger charge is -2.17. The molecule has 0 aliphatic heterocycles. The van der Waals surface area contributed by atoms with Crippen molar-refractivity contribution in [3.63, 3.8) is 0 Å². The molecule has 0 saturated heterocycles. The highest BCUT2D eigenvalue weighted by Gasteiger charge is 2.16. The zero-order valence-electron chi connectivity index (χ0n) is 9.60. The second-order valence-corrected chi connectivity index (χ2v) is 4.57. The molecule has 0 heterocycles. The molecular formula is C13H12BrNO3. The first-order valence-electron chi connectivity index (χ1n) is 5.20. The van der Waals surface area contributed by atoms with Gasteiger partial charge in [0.2, 0.25) is 5.91 Å². The molecule has 0 unspecified atom stereocenters. The van der Waals surface area contributed by atoms with E-state index in [1.165, 1.54) is 0 Å². The lowest BCUT2D eigenvalue weighted by molar-refractivity contribution is -0.143. The number of carboxylic acid groups (broad SMARTS) is 1. The molecule has 1 amide bonds. The summed E-state index contributed by atoms with van der Waals surface area (Å²) in [5.74, 6) is 0.910. The van der Waals surface area contributed by atoms with E-state index in [9.17, 15) is 9.59 Å². The number of terminal acetylenes is 1. The highest BCUT2D eigenvalue weighted by molar-refractivity contribution is 9.10. The van der Waals surface area contributed by atoms with E-state index < -0.39 is 5.97 Å². The molecule has 18 heavy (non-hydrogen) atoms. The van der Waals surface area contributed by atoms with Gasteiger partial charge in [0, 0.05) is 4.47 Å². The molecule has 0 aliphatic carbocycles. The van der Waals surface area contributed by atoms with Gasteiger partial charge in [-0.05, 0) is 17.7 Å². The zero-order valence-corrected chi connectivity index (χ0v) is 11.2. The molecule has 4 nitrogen and oxygen atoms in total. The van der Waals surface area contributed by atoms with E-state index in [1.807, 2.05) is 18.2 Å². The first kappa shape index (κ1) is 14.3. The van der Waals surface area contributed by atoms with Gasteiger partial charge in [-0.2, -0.15) is 0 Å². The van der Waals surface area contributed by atoms with Crippen molar-refractivity contribution in [2.75, 3.05) is 13.1 Å². The largest absolute Gasteiger partial charge is 0.480 e. The van der Waals surface area contributed by atoms with Crippen LogP contribution in [0.1, 0.15) is 5.56 Å². The number of rotatable bonds is 5. The molecule has 0 fully saturated rings. The summed E-state index contributed by atoms with van der Waals surface area (Å²) in [6.45, 7) is -0.379. The predicted molar refractivity (Wildman–Crippen MR) is 70.9 cm³/mol. The van der Waals surface area contributed by atoms with Crippen LogP contribution in [-0.4, -0.2) is 35.0 Å². The third kappa shape index (κ3) is 4.60. The maximum absolute atomic E-state index is 11.9. The van der Waals surface area contributed by atoms with Crippen molar-refractivity contribution in [3.8, 4) is 12.3 Å². The Kier molecular flexibility index (Phi) is 5.40. The Labute approximate surface area is 114 Å². The first-order valence-corrected chi connectivity index (χ1v) is 5.99. The van der Waals surface area contributed by atoms with Gasteiger partial charge in [0.15, 0.2) is 0 Å². The van der Waals surface area contributed by atoms with Crippen molar-refractivity contribution in [2.45, 2.75) is 6.42 Å². The summed E-state index contributed by atoms with van der Waals surface area (Å²) < 4.78 is 0.870. The predicted octanol–water partition coefficient (Wildman–Crippen LogP) is 1.54. The van der Waals surface area contributed by atoms with Crippen molar-refractivity contribution in [1.82, 2.24) is 4.90 Å². The van der Waals surface area contributed by atoms with Crippen LogP contribution in [0.15, 0.2) is 28.7 Å². The topological polar surface area (TPSA) is 57.6 Å². The molecule has 0 bridgehead atoms. The van der Waals surface area contributed by atoms with Crippen molar-refractivity contribution >= 4 is 27.8 Å². The number of halogens is 1. The summed E-state index contributed by atoms with van der Waals surface area (Å²) in [5.41, 5.74) is 0.807. The van der Waals surface area contributed by atoms with Crippen LogP contribution in [0.5, 0.6) is 0 Å². The fourth-order valence-corrected chi connectivity index (χ4v) is 1.89. The van der Waals surface area contributed by atoms with Crippen LogP contribution in [0.4, 0.5) is 0 Å². The summed E-state index contributed by atoms with van der Waals surface area (Å²) in [7, 11) is 0. The molecule has 0 spiro atoms. The van der Waals surface area contributed by atoms with E-state index in [4.69, 9.17) is 11.5 Å². The zero-order chi connectivity index (χ0) is 13.5. The number of carbonyl (C=O) groups excluding carboxylic acids is 1. The molecular weight excluding hydrogens is 298 g/mol. The molecule has 0 aliphatic rings. The summed E-state index contributed by atoms with van der Waals surface area (Å²) in [6, 6.07) is 7.28. The minimum Gasteiger partial charge on any atom is -0.480 e. The Hall–Kier alpha value is -1.80. The van der Waals surface area contributed by atoms with Crippen molar-refractivity contribution < 1.29 is 14.7 Å². The Balaban J connectivity index is 2.72. The van der Waals surface area contributed by atoms with Crippen LogP contribution in [-0.2, 0) is 16.0 Å². The molecule has 94 valence electrons. The third-order valence-electron chi connectivity index (χ3n) is 2.21. The van der Waals surface area contributed by atoms with Crippen LogP contribution in [0.3, 0.4) is 0 Å². The summed E-state index contributed by atoms with van der Waals surface area (Å²) in [4.78, 5) is 23.7. The molecule has 1 aromatic rings. The van der Waals surface area contributed by atoms with Crippen molar-refractivity contribution in [2.24, 2.45) is 0 Å². The number of nitrogens with zero attached hydrogens (tertiary/aromatic N) is 1. The highest BCUT2D eigenvalue weighted by atomic mass is 79.9. The second-order valence-electron chi connectivity index (χ2n) is 3.65. The van der Waals surface area contributed by atoms with Gasteiger partial charge in [0.05, 0.1) is 13.0 Å². The van der Waals surface area contributed by atoms with Gasteiger partial charge >= 0.3 is 5.97 Å². The van der Waals surface area contributed by atoms with Crippen molar-refractivity contribution in [3.05, 3.63) is 34.3 Å². The monoisotopic (exact) mass is 309 g/mol. The summed E-state index contributed by atoms with van der Waals surface area (Å²) >= 11 is 3.31. The fraction of sp³-hybridized carbons (Fsp3) is 0.231. The number of aliphatic carboxylic acids is 1. The number of hydrogen-bond donors (Lipinski definition) is 1. The van der Waals surface area contributed by atoms with Gasteiger partial charge in [0.25, 0.3) is 0 Å². The van der Waals surface area contributed by atoms with E-state index in [2.05, 4.69) is 21.9 Å². The van der Waals surface area contributed by atoms with E-state index in [-0.39, 0.29) is 25.4 Å². The Morgan fingerprint density at radius 3 is 2.72 bits per heavy atom. The number of carbonyl (C=O) groups is 2. The van der Waals surface area contributed by atoms with Crippen LogP contribution in [0.2, 0.25) is 0 Å². The minimum atomic E-state index is -1.08. The smallest absolute Gasteiger partial charge is 0.323 e. The van der Waals surface area contributed by atoms with E-state index in [0.29, 0.717) is 0 Å². The standard InChI is InChI=1S/C13H12BrNO3/c1-2-6-15(9-13(17)18)12(16)8-10-4-3-5-11(14)7-10/h1,3-5,7H,6,8-9H2,(H,17,18). The number of benzene rings is 1. The van der Waals surface area contributed by atoms with E-state index >= 15 is 0 Å². The van der Waals surface area contributed by atoms with Gasteiger partial charge in [-0.15, -0.1) is 6.42 Å². The maximum Gasteiger partial charge on any atom is 0.323 e. The average molecular weight is 310 g/mol. The molecule has 1 N–H and O–H groups in total. The molecule has 0 radical (unpaired) electrons. The average Bonchev–Trinajstić information content (AvgIpc) is 2.27. The van der Waals surface area contributed by atoms with Gasteiger partial charge in [-0.1, -0.05) is 34.0 Å². The lowest BCUT2D eigenvalue weighted by atomic mass is 10.1. The number of hydrogen-bond acceptors (Lipinski definition) is 2.